The van der Waals surface area contributed by atoms with Gasteiger partial charge in [0.05, 0.1) is 6.04 Å². The van der Waals surface area contributed by atoms with E-state index in [1.807, 2.05) is 0 Å². The van der Waals surface area contributed by atoms with Gasteiger partial charge in [-0.1, -0.05) is 26.2 Å². The highest BCUT2D eigenvalue weighted by molar-refractivity contribution is 7.99. The molecule has 2 heterocycles. The molecule has 8 unspecified atom stereocenters. The predicted molar refractivity (Wildman–Crippen MR) is 107 cm³/mol. The molecule has 10 heteroatoms. The molecular weight excluding hydrogens is 406 g/mol. The number of nitrogens with one attached hydrogen (secondary N) is 2. The van der Waals surface area contributed by atoms with Crippen LogP contribution in [0.15, 0.2) is 0 Å². The minimum atomic E-state index is -3.41. The molecule has 0 aromatic carbocycles. The molecule has 0 spiro atoms. The van der Waals surface area contributed by atoms with Gasteiger partial charge in [-0.25, -0.2) is 8.78 Å². The highest BCUT2D eigenvalue weighted by Gasteiger charge is 2.53. The van der Waals surface area contributed by atoms with E-state index in [1.165, 1.54) is 0 Å². The number of halogens is 2. The highest BCUT2D eigenvalue weighted by atomic mass is 32.2. The number of amides is 1. The van der Waals surface area contributed by atoms with E-state index in [-0.39, 0.29) is 0 Å². The Labute approximate surface area is 175 Å². The lowest BCUT2D eigenvalue weighted by Crippen LogP contribution is -2.67. The van der Waals surface area contributed by atoms with Gasteiger partial charge in [0.1, 0.15) is 35.9 Å². The Morgan fingerprint density at radius 3 is 2.55 bits per heavy atom. The molecule has 1 amide bonds. The Morgan fingerprint density at radius 2 is 1.97 bits per heavy atom. The number of aliphatic hydroxyl groups is 3. The average molecular weight is 441 g/mol. The summed E-state index contributed by atoms with van der Waals surface area (Å²) in [7, 11) is 0. The number of carbonyl (C=O) groups is 1. The fourth-order valence-corrected chi connectivity index (χ4v) is 4.69. The quantitative estimate of drug-likeness (QED) is 0.338. The van der Waals surface area contributed by atoms with Crippen LogP contribution in [0.4, 0.5) is 8.78 Å². The Hall–Kier alpha value is -0.520. The topological polar surface area (TPSA) is 111 Å². The molecule has 29 heavy (non-hydrogen) atoms. The summed E-state index contributed by atoms with van der Waals surface area (Å²) >= 11 is 1.03. The lowest BCUT2D eigenvalue weighted by Gasteiger charge is -2.44. The Balaban J connectivity index is 2.05. The Morgan fingerprint density at radius 1 is 1.28 bits per heavy atom. The van der Waals surface area contributed by atoms with E-state index < -0.39 is 53.8 Å². The van der Waals surface area contributed by atoms with Crippen LogP contribution in [-0.4, -0.2) is 81.9 Å². The average Bonchev–Trinajstić information content (AvgIpc) is 3.13. The molecule has 0 aliphatic carbocycles. The number of aliphatic hydroxyl groups excluding tert-OH is 3. The molecule has 5 N–H and O–H groups in total. The number of rotatable bonds is 9. The largest absolute Gasteiger partial charge is 0.388 e. The van der Waals surface area contributed by atoms with Gasteiger partial charge in [0, 0.05) is 6.92 Å². The second-order valence-corrected chi connectivity index (χ2v) is 9.11. The first kappa shape index (κ1) is 24.7. The number of ether oxygens (including phenoxy) is 1. The molecule has 2 saturated heterocycles. The van der Waals surface area contributed by atoms with Crippen LogP contribution in [0.3, 0.4) is 0 Å². The molecule has 0 aromatic rings. The Kier molecular flexibility index (Phi) is 9.11. The van der Waals surface area contributed by atoms with Gasteiger partial charge in [0.2, 0.25) is 5.91 Å². The molecule has 2 aliphatic rings. The van der Waals surface area contributed by atoms with Crippen molar-refractivity contribution in [2.45, 2.75) is 93.8 Å². The standard InChI is InChI=1S/C19H34F2N2O5S/c1-4-5-6-7-10-8-11(22-9-10)17(27)23-16(19(2,20)21)15-13(25)12(24)14(26)18(28-15)29-3/h10-16,18,22,24-26H,4-9H2,1-3H3,(H,23,27). The van der Waals surface area contributed by atoms with Crippen molar-refractivity contribution in [1.82, 2.24) is 10.6 Å². The molecule has 8 atom stereocenters. The molecule has 0 saturated carbocycles. The Bertz CT molecular complexity index is 537. The van der Waals surface area contributed by atoms with E-state index in [1.54, 1.807) is 6.26 Å². The number of unbranched alkanes of at least 4 members (excludes halogenated alkanes) is 2. The summed E-state index contributed by atoms with van der Waals surface area (Å²) in [5, 5.41) is 35.7. The van der Waals surface area contributed by atoms with Crippen molar-refractivity contribution in [3.8, 4) is 0 Å². The van der Waals surface area contributed by atoms with Crippen molar-refractivity contribution in [1.29, 1.82) is 0 Å². The van der Waals surface area contributed by atoms with Crippen molar-refractivity contribution < 1.29 is 33.6 Å². The second kappa shape index (κ2) is 10.7. The maximum atomic E-state index is 14.4. The van der Waals surface area contributed by atoms with Gasteiger partial charge in [0.15, 0.2) is 0 Å². The van der Waals surface area contributed by atoms with E-state index in [2.05, 4.69) is 17.6 Å². The van der Waals surface area contributed by atoms with Gasteiger partial charge < -0.3 is 30.7 Å². The van der Waals surface area contributed by atoms with Gasteiger partial charge in [-0.05, 0) is 31.6 Å². The number of hydrogen-bond acceptors (Lipinski definition) is 7. The summed E-state index contributed by atoms with van der Waals surface area (Å²) in [6, 6.07) is -2.43. The summed E-state index contributed by atoms with van der Waals surface area (Å²) in [6.07, 6.45) is 0.0675. The van der Waals surface area contributed by atoms with Crippen LogP contribution in [-0.2, 0) is 9.53 Å². The first-order valence-corrected chi connectivity index (χ1v) is 11.5. The lowest BCUT2D eigenvalue weighted by molar-refractivity contribution is -0.222. The fraction of sp³-hybridized carbons (Fsp3) is 0.947. The number of carbonyl (C=O) groups excluding carboxylic acids is 1. The van der Waals surface area contributed by atoms with Gasteiger partial charge >= 0.3 is 0 Å². The summed E-state index contributed by atoms with van der Waals surface area (Å²) in [4.78, 5) is 12.7. The van der Waals surface area contributed by atoms with Crippen LogP contribution in [0, 0.1) is 5.92 Å². The van der Waals surface area contributed by atoms with E-state index >= 15 is 0 Å². The van der Waals surface area contributed by atoms with Crippen molar-refractivity contribution in [3.63, 3.8) is 0 Å². The van der Waals surface area contributed by atoms with E-state index in [9.17, 15) is 28.9 Å². The van der Waals surface area contributed by atoms with Gasteiger partial charge in [-0.2, -0.15) is 0 Å². The third-order valence-electron chi connectivity index (χ3n) is 5.77. The predicted octanol–water partition coefficient (Wildman–Crippen LogP) is 0.855. The molecule has 0 radical (unpaired) electrons. The fourth-order valence-electron chi connectivity index (χ4n) is 4.01. The molecule has 2 fully saturated rings. The first-order valence-electron chi connectivity index (χ1n) is 10.2. The smallest absolute Gasteiger partial charge is 0.267 e. The van der Waals surface area contributed by atoms with Crippen molar-refractivity contribution in [2.24, 2.45) is 5.92 Å². The second-order valence-electron chi connectivity index (χ2n) is 8.18. The molecule has 2 aliphatic heterocycles. The minimum absolute atomic E-state index is 0.326. The first-order chi connectivity index (χ1) is 13.6. The normalized spacial score (nSPS) is 36.8. The van der Waals surface area contributed by atoms with Crippen LogP contribution >= 0.6 is 11.8 Å². The summed E-state index contributed by atoms with van der Waals surface area (Å²) in [5.41, 5.74) is -0.993. The van der Waals surface area contributed by atoms with Crippen LogP contribution in [0.5, 0.6) is 0 Å². The lowest BCUT2D eigenvalue weighted by atomic mass is 9.91. The van der Waals surface area contributed by atoms with E-state index in [0.29, 0.717) is 25.8 Å². The number of alkyl halides is 2. The summed E-state index contributed by atoms with van der Waals surface area (Å²) in [5.74, 6) is -3.66. The van der Waals surface area contributed by atoms with Crippen LogP contribution in [0.2, 0.25) is 0 Å². The minimum Gasteiger partial charge on any atom is -0.388 e. The third kappa shape index (κ3) is 6.24. The number of hydrogen-bond donors (Lipinski definition) is 5. The summed E-state index contributed by atoms with van der Waals surface area (Å²) in [6.45, 7) is 3.42. The zero-order valence-electron chi connectivity index (χ0n) is 17.2. The summed E-state index contributed by atoms with van der Waals surface area (Å²) < 4.78 is 34.2. The zero-order valence-corrected chi connectivity index (χ0v) is 18.0. The van der Waals surface area contributed by atoms with Crippen molar-refractivity contribution in [3.05, 3.63) is 0 Å². The molecule has 0 aromatic heterocycles. The SMILES string of the molecule is CCCCCC1CNC(C(=O)NC(C2OC(SC)C(O)C(O)C2O)C(C)(F)F)C1. The van der Waals surface area contributed by atoms with Crippen LogP contribution in [0.25, 0.3) is 0 Å². The van der Waals surface area contributed by atoms with Crippen molar-refractivity contribution in [2.75, 3.05) is 12.8 Å². The highest BCUT2D eigenvalue weighted by Crippen LogP contribution is 2.33. The molecule has 170 valence electrons. The molecule has 0 bridgehead atoms. The van der Waals surface area contributed by atoms with Crippen molar-refractivity contribution >= 4 is 17.7 Å². The maximum absolute atomic E-state index is 14.4. The third-order valence-corrected chi connectivity index (χ3v) is 6.62. The zero-order chi connectivity index (χ0) is 21.8. The van der Waals surface area contributed by atoms with E-state index in [0.717, 1.165) is 37.4 Å². The van der Waals surface area contributed by atoms with Crippen LogP contribution in [0.1, 0.15) is 46.0 Å². The molecule has 2 rings (SSSR count). The van der Waals surface area contributed by atoms with Gasteiger partial charge in [-0.15, -0.1) is 11.8 Å². The van der Waals surface area contributed by atoms with Crippen LogP contribution < -0.4 is 10.6 Å². The van der Waals surface area contributed by atoms with Gasteiger partial charge in [0.25, 0.3) is 5.92 Å². The molecular formula is C19H34F2N2O5S. The number of thioether (sulfide) groups is 1. The van der Waals surface area contributed by atoms with Gasteiger partial charge in [-0.3, -0.25) is 4.79 Å². The molecule has 7 nitrogen and oxygen atoms in total. The van der Waals surface area contributed by atoms with E-state index in [4.69, 9.17) is 4.74 Å². The maximum Gasteiger partial charge on any atom is 0.267 e. The monoisotopic (exact) mass is 440 g/mol.